The molecule has 0 spiro atoms. The van der Waals surface area contributed by atoms with E-state index in [4.69, 9.17) is 0 Å². The summed E-state index contributed by atoms with van der Waals surface area (Å²) in [5.41, 5.74) is 4.44. The smallest absolute Gasteiger partial charge is 0.0279 e. The molecule has 0 unspecified atom stereocenters. The Morgan fingerprint density at radius 1 is 1.00 bits per heavy atom. The maximum absolute atomic E-state index is 2.31. The molecule has 0 saturated carbocycles. The van der Waals surface area contributed by atoms with Crippen LogP contribution in [0.15, 0.2) is 18.2 Å². The van der Waals surface area contributed by atoms with Crippen LogP contribution in [0.3, 0.4) is 0 Å². The van der Waals surface area contributed by atoms with E-state index in [0.717, 1.165) is 6.42 Å². The molecule has 1 rings (SSSR count). The molecule has 0 amide bonds. The van der Waals surface area contributed by atoms with Crippen LogP contribution in [0.2, 0.25) is 0 Å². The molecule has 0 fully saturated rings. The van der Waals surface area contributed by atoms with Crippen LogP contribution in [0.4, 0.5) is 0 Å². The van der Waals surface area contributed by atoms with Gasteiger partial charge < -0.3 is 0 Å². The summed E-state index contributed by atoms with van der Waals surface area (Å²) in [6.07, 6.45) is 3.64. The number of hydrogen-bond acceptors (Lipinski definition) is 0. The monoisotopic (exact) mass is 192 g/mol. The molecule has 0 aliphatic rings. The van der Waals surface area contributed by atoms with Gasteiger partial charge in [-0.2, -0.15) is 0 Å². The lowest BCUT2D eigenvalue weighted by atomic mass is 9.99. The van der Waals surface area contributed by atoms with Crippen LogP contribution in [-0.4, -0.2) is 0 Å². The van der Waals surface area contributed by atoms with Gasteiger partial charge in [0.25, 0.3) is 0 Å². The standard InChI is InChI=1S/C12H18.C2H6/c1-4-6-12-8-7-10(3)9-11(12)5-2;1-2/h7-9H,4-6H2,1-3H3;1-2H3. The highest BCUT2D eigenvalue weighted by atomic mass is 14.0. The van der Waals surface area contributed by atoms with E-state index >= 15 is 0 Å². The van der Waals surface area contributed by atoms with Gasteiger partial charge in [0.15, 0.2) is 0 Å². The number of aryl methyl sites for hydroxylation is 3. The molecule has 0 atom stereocenters. The summed E-state index contributed by atoms with van der Waals surface area (Å²) in [6, 6.07) is 6.80. The fraction of sp³-hybridized carbons (Fsp3) is 0.571. The molecular weight excluding hydrogens is 168 g/mol. The summed E-state index contributed by atoms with van der Waals surface area (Å²) >= 11 is 0. The zero-order valence-electron chi connectivity index (χ0n) is 10.4. The fourth-order valence-electron chi connectivity index (χ4n) is 1.60. The summed E-state index contributed by atoms with van der Waals surface area (Å²) in [5, 5.41) is 0. The molecule has 0 aromatic heterocycles. The molecule has 0 aliphatic heterocycles. The summed E-state index contributed by atoms with van der Waals surface area (Å²) in [4.78, 5) is 0. The van der Waals surface area contributed by atoms with Crippen LogP contribution < -0.4 is 0 Å². The van der Waals surface area contributed by atoms with Crippen molar-refractivity contribution in [3.8, 4) is 0 Å². The van der Waals surface area contributed by atoms with Crippen molar-refractivity contribution in [3.63, 3.8) is 0 Å². The van der Waals surface area contributed by atoms with Gasteiger partial charge in [-0.1, -0.05) is 57.9 Å². The lowest BCUT2D eigenvalue weighted by Crippen LogP contribution is -1.92. The topological polar surface area (TPSA) is 0 Å². The van der Waals surface area contributed by atoms with Crippen LogP contribution in [0.1, 0.15) is 50.8 Å². The largest absolute Gasteiger partial charge is 0.0683 e. The van der Waals surface area contributed by atoms with E-state index in [1.165, 1.54) is 29.5 Å². The Labute approximate surface area is 89.4 Å². The highest BCUT2D eigenvalue weighted by Gasteiger charge is 1.98. The van der Waals surface area contributed by atoms with Crippen LogP contribution in [0.5, 0.6) is 0 Å². The fourth-order valence-corrected chi connectivity index (χ4v) is 1.60. The first-order valence-electron chi connectivity index (χ1n) is 5.86. The minimum atomic E-state index is 1.16. The summed E-state index contributed by atoms with van der Waals surface area (Å²) in [7, 11) is 0. The molecule has 0 aliphatic carbocycles. The van der Waals surface area contributed by atoms with Crippen molar-refractivity contribution in [1.82, 2.24) is 0 Å². The minimum Gasteiger partial charge on any atom is -0.0683 e. The molecule has 14 heavy (non-hydrogen) atoms. The van der Waals surface area contributed by atoms with Gasteiger partial charge in [-0.25, -0.2) is 0 Å². The Morgan fingerprint density at radius 3 is 2.14 bits per heavy atom. The molecule has 0 heteroatoms. The Hall–Kier alpha value is -0.780. The van der Waals surface area contributed by atoms with Gasteiger partial charge in [0.2, 0.25) is 0 Å². The molecule has 0 radical (unpaired) electrons. The second-order valence-electron chi connectivity index (χ2n) is 3.38. The van der Waals surface area contributed by atoms with Crippen molar-refractivity contribution in [2.75, 3.05) is 0 Å². The van der Waals surface area contributed by atoms with Gasteiger partial charge in [-0.05, 0) is 30.9 Å². The summed E-state index contributed by atoms with van der Waals surface area (Å²) < 4.78 is 0. The van der Waals surface area contributed by atoms with Crippen LogP contribution >= 0.6 is 0 Å². The van der Waals surface area contributed by atoms with Crippen molar-refractivity contribution in [3.05, 3.63) is 34.9 Å². The van der Waals surface area contributed by atoms with E-state index < -0.39 is 0 Å². The van der Waals surface area contributed by atoms with Gasteiger partial charge in [0.1, 0.15) is 0 Å². The predicted octanol–water partition coefficient (Wildman–Crippen LogP) is 4.54. The summed E-state index contributed by atoms with van der Waals surface area (Å²) in [6.45, 7) is 10.6. The number of benzene rings is 1. The third-order valence-corrected chi connectivity index (χ3v) is 2.26. The molecule has 0 heterocycles. The van der Waals surface area contributed by atoms with Gasteiger partial charge >= 0.3 is 0 Å². The van der Waals surface area contributed by atoms with E-state index in [1.54, 1.807) is 0 Å². The molecule has 1 aromatic carbocycles. The molecule has 0 nitrogen and oxygen atoms in total. The number of rotatable bonds is 3. The SMILES string of the molecule is CC.CCCc1ccc(C)cc1CC. The zero-order valence-corrected chi connectivity index (χ0v) is 10.4. The molecule has 80 valence electrons. The van der Waals surface area contributed by atoms with Crippen LogP contribution in [-0.2, 0) is 12.8 Å². The minimum absolute atomic E-state index is 1.16. The van der Waals surface area contributed by atoms with Crippen molar-refractivity contribution >= 4 is 0 Å². The van der Waals surface area contributed by atoms with E-state index in [-0.39, 0.29) is 0 Å². The van der Waals surface area contributed by atoms with Gasteiger partial charge in [-0.15, -0.1) is 0 Å². The normalized spacial score (nSPS) is 9.21. The maximum Gasteiger partial charge on any atom is -0.0279 e. The predicted molar refractivity (Wildman–Crippen MR) is 65.9 cm³/mol. The second kappa shape index (κ2) is 7.61. The molecule has 0 N–H and O–H groups in total. The van der Waals surface area contributed by atoms with Crippen molar-refractivity contribution in [1.29, 1.82) is 0 Å². The van der Waals surface area contributed by atoms with E-state index in [2.05, 4.69) is 39.0 Å². The molecule has 0 saturated heterocycles. The Kier molecular flexibility index (Phi) is 7.18. The van der Waals surface area contributed by atoms with Crippen LogP contribution in [0.25, 0.3) is 0 Å². The Morgan fingerprint density at radius 2 is 1.64 bits per heavy atom. The third kappa shape index (κ3) is 3.95. The third-order valence-electron chi connectivity index (χ3n) is 2.26. The lowest BCUT2D eigenvalue weighted by Gasteiger charge is -2.07. The first-order chi connectivity index (χ1) is 6.77. The molecule has 1 aromatic rings. The zero-order chi connectivity index (χ0) is 11.0. The van der Waals surface area contributed by atoms with Gasteiger partial charge in [0, 0.05) is 0 Å². The Bertz CT molecular complexity index is 248. The van der Waals surface area contributed by atoms with Crippen molar-refractivity contribution in [2.45, 2.75) is 53.9 Å². The van der Waals surface area contributed by atoms with E-state index in [1.807, 2.05) is 13.8 Å². The average Bonchev–Trinajstić information content (AvgIpc) is 2.24. The van der Waals surface area contributed by atoms with E-state index in [9.17, 15) is 0 Å². The lowest BCUT2D eigenvalue weighted by molar-refractivity contribution is 0.898. The average molecular weight is 192 g/mol. The van der Waals surface area contributed by atoms with E-state index in [0.29, 0.717) is 0 Å². The first-order valence-corrected chi connectivity index (χ1v) is 5.86. The first kappa shape index (κ1) is 13.2. The highest BCUT2D eigenvalue weighted by molar-refractivity contribution is 5.31. The number of hydrogen-bond donors (Lipinski definition) is 0. The second-order valence-corrected chi connectivity index (χ2v) is 3.38. The van der Waals surface area contributed by atoms with Gasteiger partial charge in [-0.3, -0.25) is 0 Å². The van der Waals surface area contributed by atoms with Crippen molar-refractivity contribution < 1.29 is 0 Å². The molecular formula is C14H24. The highest BCUT2D eigenvalue weighted by Crippen LogP contribution is 2.13. The van der Waals surface area contributed by atoms with Crippen LogP contribution in [0, 0.1) is 6.92 Å². The Balaban J connectivity index is 0.000000791. The summed E-state index contributed by atoms with van der Waals surface area (Å²) in [5.74, 6) is 0. The quantitative estimate of drug-likeness (QED) is 0.659. The maximum atomic E-state index is 2.31. The van der Waals surface area contributed by atoms with Crippen molar-refractivity contribution in [2.24, 2.45) is 0 Å². The van der Waals surface area contributed by atoms with Gasteiger partial charge in [0.05, 0.1) is 0 Å². The molecule has 0 bridgehead atoms.